The lowest BCUT2D eigenvalue weighted by Crippen LogP contribution is -2.32. The van der Waals surface area contributed by atoms with Crippen molar-refractivity contribution in [2.75, 3.05) is 12.3 Å². The number of rotatable bonds is 2. The van der Waals surface area contributed by atoms with Gasteiger partial charge in [0.2, 0.25) is 0 Å². The van der Waals surface area contributed by atoms with Crippen molar-refractivity contribution >= 4 is 21.6 Å². The van der Waals surface area contributed by atoms with E-state index in [2.05, 4.69) is 39.9 Å². The summed E-state index contributed by atoms with van der Waals surface area (Å²) in [6.45, 7) is 4.53. The number of nitrogens with zero attached hydrogens (tertiary/aromatic N) is 1. The molecule has 0 aliphatic carbocycles. The fourth-order valence-electron chi connectivity index (χ4n) is 2.50. The van der Waals surface area contributed by atoms with Gasteiger partial charge in [0, 0.05) is 22.7 Å². The maximum atomic E-state index is 6.07. The van der Waals surface area contributed by atoms with Crippen molar-refractivity contribution in [3.05, 3.63) is 28.2 Å². The molecule has 2 rings (SSSR count). The second-order valence-corrected chi connectivity index (χ2v) is 5.93. The first-order valence-corrected chi connectivity index (χ1v) is 7.24. The van der Waals surface area contributed by atoms with Gasteiger partial charge in [0.15, 0.2) is 0 Å². The Bertz CT molecular complexity index is 378. The van der Waals surface area contributed by atoms with Crippen LogP contribution in [-0.4, -0.2) is 17.5 Å². The number of anilines is 1. The van der Waals surface area contributed by atoms with E-state index in [1.165, 1.54) is 37.8 Å². The number of nitrogens with two attached hydrogens (primary N) is 1. The van der Waals surface area contributed by atoms with Crippen LogP contribution in [-0.2, 0) is 6.54 Å². The third-order valence-corrected chi connectivity index (χ3v) is 4.17. The molecule has 1 saturated heterocycles. The Balaban J connectivity index is 2.08. The van der Waals surface area contributed by atoms with Gasteiger partial charge in [-0.15, -0.1) is 0 Å². The van der Waals surface area contributed by atoms with Gasteiger partial charge in [-0.3, -0.25) is 4.90 Å². The first-order valence-electron chi connectivity index (χ1n) is 6.45. The predicted molar refractivity (Wildman–Crippen MR) is 76.9 cm³/mol. The average Bonchev–Trinajstić information content (AvgIpc) is 2.48. The van der Waals surface area contributed by atoms with Crippen molar-refractivity contribution in [3.63, 3.8) is 0 Å². The van der Waals surface area contributed by atoms with Crippen LogP contribution in [0.5, 0.6) is 0 Å². The van der Waals surface area contributed by atoms with Crippen LogP contribution in [0.15, 0.2) is 22.7 Å². The van der Waals surface area contributed by atoms with Crippen LogP contribution in [0.1, 0.15) is 38.2 Å². The Morgan fingerprint density at radius 3 is 2.94 bits per heavy atom. The van der Waals surface area contributed by atoms with E-state index in [-0.39, 0.29) is 0 Å². The number of benzene rings is 1. The predicted octanol–water partition coefficient (Wildman–Crippen LogP) is 3.80. The zero-order valence-corrected chi connectivity index (χ0v) is 12.0. The van der Waals surface area contributed by atoms with Crippen molar-refractivity contribution in [2.24, 2.45) is 0 Å². The molecular formula is C14H21BrN2. The molecule has 0 spiro atoms. The Kier molecular flexibility index (Phi) is 4.46. The summed E-state index contributed by atoms with van der Waals surface area (Å²) >= 11 is 3.45. The molecule has 1 fully saturated rings. The smallest absolute Gasteiger partial charge is 0.0371 e. The lowest BCUT2D eigenvalue weighted by molar-refractivity contribution is 0.205. The highest BCUT2D eigenvalue weighted by Crippen LogP contribution is 2.23. The maximum absolute atomic E-state index is 6.07. The lowest BCUT2D eigenvalue weighted by atomic mass is 10.1. The summed E-state index contributed by atoms with van der Waals surface area (Å²) in [5.74, 6) is 0. The standard InChI is InChI=1S/C14H21BrN2/c1-11-5-3-2-4-8-17(11)10-12-6-7-13(15)9-14(12)16/h6-7,9,11H,2-5,8,10,16H2,1H3. The number of nitrogen functional groups attached to an aromatic ring is 1. The minimum atomic E-state index is 0.681. The van der Waals surface area contributed by atoms with E-state index in [0.717, 1.165) is 16.7 Å². The molecule has 3 heteroatoms. The van der Waals surface area contributed by atoms with Gasteiger partial charge in [-0.25, -0.2) is 0 Å². The summed E-state index contributed by atoms with van der Waals surface area (Å²) in [6.07, 6.45) is 5.38. The molecule has 1 aromatic carbocycles. The van der Waals surface area contributed by atoms with E-state index in [9.17, 15) is 0 Å². The molecular weight excluding hydrogens is 276 g/mol. The minimum absolute atomic E-state index is 0.681. The highest BCUT2D eigenvalue weighted by molar-refractivity contribution is 9.10. The first kappa shape index (κ1) is 12.9. The van der Waals surface area contributed by atoms with Crippen LogP contribution < -0.4 is 5.73 Å². The summed E-state index contributed by atoms with van der Waals surface area (Å²) in [7, 11) is 0. The van der Waals surface area contributed by atoms with E-state index in [4.69, 9.17) is 5.73 Å². The number of likely N-dealkylation sites (tertiary alicyclic amines) is 1. The van der Waals surface area contributed by atoms with Gasteiger partial charge >= 0.3 is 0 Å². The van der Waals surface area contributed by atoms with E-state index in [1.807, 2.05) is 6.07 Å². The molecule has 0 amide bonds. The molecule has 1 aliphatic heterocycles. The summed E-state index contributed by atoms with van der Waals surface area (Å²) in [6, 6.07) is 6.89. The lowest BCUT2D eigenvalue weighted by Gasteiger charge is -2.27. The Morgan fingerprint density at radius 1 is 1.35 bits per heavy atom. The van der Waals surface area contributed by atoms with Crippen LogP contribution in [0.2, 0.25) is 0 Å². The molecule has 0 radical (unpaired) electrons. The highest BCUT2D eigenvalue weighted by Gasteiger charge is 2.17. The summed E-state index contributed by atoms with van der Waals surface area (Å²) < 4.78 is 1.06. The van der Waals surface area contributed by atoms with Crippen LogP contribution in [0, 0.1) is 0 Å². The summed E-state index contributed by atoms with van der Waals surface area (Å²) in [5, 5.41) is 0. The summed E-state index contributed by atoms with van der Waals surface area (Å²) in [4.78, 5) is 2.56. The molecule has 0 aromatic heterocycles. The monoisotopic (exact) mass is 296 g/mol. The zero-order valence-electron chi connectivity index (χ0n) is 10.5. The number of hydrogen-bond donors (Lipinski definition) is 1. The van der Waals surface area contributed by atoms with E-state index in [0.29, 0.717) is 6.04 Å². The largest absolute Gasteiger partial charge is 0.398 e. The molecule has 1 aromatic rings. The Morgan fingerprint density at radius 2 is 2.18 bits per heavy atom. The third kappa shape index (κ3) is 3.46. The molecule has 1 aliphatic rings. The van der Waals surface area contributed by atoms with Gasteiger partial charge in [-0.05, 0) is 44.0 Å². The van der Waals surface area contributed by atoms with Crippen LogP contribution >= 0.6 is 15.9 Å². The third-order valence-electron chi connectivity index (χ3n) is 3.67. The minimum Gasteiger partial charge on any atom is -0.398 e. The van der Waals surface area contributed by atoms with Crippen LogP contribution in [0.25, 0.3) is 0 Å². The fourth-order valence-corrected chi connectivity index (χ4v) is 2.88. The van der Waals surface area contributed by atoms with Crippen molar-refractivity contribution < 1.29 is 0 Å². The van der Waals surface area contributed by atoms with Gasteiger partial charge in [-0.2, -0.15) is 0 Å². The molecule has 2 N–H and O–H groups in total. The molecule has 2 nitrogen and oxygen atoms in total. The van der Waals surface area contributed by atoms with Gasteiger partial charge in [0.05, 0.1) is 0 Å². The van der Waals surface area contributed by atoms with Gasteiger partial charge in [-0.1, -0.05) is 34.8 Å². The van der Waals surface area contributed by atoms with Crippen molar-refractivity contribution in [3.8, 4) is 0 Å². The van der Waals surface area contributed by atoms with Crippen molar-refractivity contribution in [1.29, 1.82) is 0 Å². The van der Waals surface area contributed by atoms with Crippen molar-refractivity contribution in [1.82, 2.24) is 4.90 Å². The number of halogens is 1. The number of hydrogen-bond acceptors (Lipinski definition) is 2. The molecule has 17 heavy (non-hydrogen) atoms. The Labute approximate surface area is 112 Å². The van der Waals surface area contributed by atoms with Gasteiger partial charge in [0.25, 0.3) is 0 Å². The second kappa shape index (κ2) is 5.87. The maximum Gasteiger partial charge on any atom is 0.0371 e. The average molecular weight is 297 g/mol. The molecule has 1 atom stereocenters. The topological polar surface area (TPSA) is 29.3 Å². The highest BCUT2D eigenvalue weighted by atomic mass is 79.9. The molecule has 0 saturated carbocycles. The van der Waals surface area contributed by atoms with E-state index >= 15 is 0 Å². The van der Waals surface area contributed by atoms with Gasteiger partial charge in [0.1, 0.15) is 0 Å². The second-order valence-electron chi connectivity index (χ2n) is 5.01. The molecule has 1 unspecified atom stereocenters. The SMILES string of the molecule is CC1CCCCCN1Cc1ccc(Br)cc1N. The molecule has 94 valence electrons. The van der Waals surface area contributed by atoms with Crippen LogP contribution in [0.3, 0.4) is 0 Å². The van der Waals surface area contributed by atoms with Crippen molar-refractivity contribution in [2.45, 2.75) is 45.2 Å². The Hall–Kier alpha value is -0.540. The summed E-state index contributed by atoms with van der Waals surface area (Å²) in [5.41, 5.74) is 8.22. The van der Waals surface area contributed by atoms with Gasteiger partial charge < -0.3 is 5.73 Å². The molecule has 1 heterocycles. The zero-order chi connectivity index (χ0) is 12.3. The van der Waals surface area contributed by atoms with E-state index < -0.39 is 0 Å². The fraction of sp³-hybridized carbons (Fsp3) is 0.571. The first-order chi connectivity index (χ1) is 8.16. The normalized spacial score (nSPS) is 22.4. The van der Waals surface area contributed by atoms with E-state index in [1.54, 1.807) is 0 Å². The molecule has 0 bridgehead atoms. The van der Waals surface area contributed by atoms with Crippen LogP contribution in [0.4, 0.5) is 5.69 Å². The quantitative estimate of drug-likeness (QED) is 0.841.